The lowest BCUT2D eigenvalue weighted by molar-refractivity contribution is 0.0514. The van der Waals surface area contributed by atoms with Gasteiger partial charge in [-0.05, 0) is 31.4 Å². The molecule has 0 bridgehead atoms. The summed E-state index contributed by atoms with van der Waals surface area (Å²) in [7, 11) is 0. The van der Waals surface area contributed by atoms with Gasteiger partial charge in [-0.2, -0.15) is 0 Å². The van der Waals surface area contributed by atoms with E-state index in [2.05, 4.69) is 5.16 Å². The van der Waals surface area contributed by atoms with E-state index in [4.69, 9.17) is 4.84 Å². The highest BCUT2D eigenvalue weighted by atomic mass is 16.7. The van der Waals surface area contributed by atoms with E-state index in [0.717, 1.165) is 11.3 Å². The van der Waals surface area contributed by atoms with Crippen molar-refractivity contribution in [2.75, 3.05) is 0 Å². The van der Waals surface area contributed by atoms with Gasteiger partial charge in [-0.15, -0.1) is 0 Å². The molecule has 0 unspecified atom stereocenters. The number of rotatable bonds is 8. The lowest BCUT2D eigenvalue weighted by Crippen LogP contribution is -2.06. The first-order valence-corrected chi connectivity index (χ1v) is 8.11. The third-order valence-electron chi connectivity index (χ3n) is 3.64. The molecule has 4 nitrogen and oxygen atoms in total. The Hall–Kier alpha value is -2.75. The fourth-order valence-electron chi connectivity index (χ4n) is 2.24. The van der Waals surface area contributed by atoms with Crippen LogP contribution in [-0.4, -0.2) is 17.5 Å². The van der Waals surface area contributed by atoms with E-state index in [0.29, 0.717) is 31.2 Å². The summed E-state index contributed by atoms with van der Waals surface area (Å²) in [6, 6.07) is 18.0. The van der Waals surface area contributed by atoms with Gasteiger partial charge in [0.2, 0.25) is 0 Å². The molecule has 2 rings (SSSR count). The second-order valence-electron chi connectivity index (χ2n) is 5.40. The average Bonchev–Trinajstić information content (AvgIpc) is 2.65. The van der Waals surface area contributed by atoms with Gasteiger partial charge in [0, 0.05) is 12.0 Å². The van der Waals surface area contributed by atoms with E-state index >= 15 is 0 Å². The highest BCUT2D eigenvalue weighted by Gasteiger charge is 2.08. The number of hydrogen-bond acceptors (Lipinski definition) is 4. The predicted molar refractivity (Wildman–Crippen MR) is 94.2 cm³/mol. The molecule has 0 amide bonds. The van der Waals surface area contributed by atoms with Crippen molar-refractivity contribution in [3.63, 3.8) is 0 Å². The van der Waals surface area contributed by atoms with Crippen molar-refractivity contribution in [2.45, 2.75) is 32.6 Å². The summed E-state index contributed by atoms with van der Waals surface area (Å²) in [4.78, 5) is 28.9. The number of oxime groups is 1. The molecule has 0 saturated carbocycles. The van der Waals surface area contributed by atoms with E-state index in [1.54, 1.807) is 24.3 Å². The molecule has 4 heteroatoms. The van der Waals surface area contributed by atoms with E-state index < -0.39 is 5.97 Å². The van der Waals surface area contributed by atoms with Gasteiger partial charge in [0.1, 0.15) is 0 Å². The fraction of sp³-hybridized carbons (Fsp3) is 0.250. The number of hydrogen-bond donors (Lipinski definition) is 0. The summed E-state index contributed by atoms with van der Waals surface area (Å²) in [6.45, 7) is 1.95. The average molecular weight is 323 g/mol. The Bertz CT molecular complexity index is 693. The van der Waals surface area contributed by atoms with Crippen molar-refractivity contribution in [3.05, 3.63) is 71.8 Å². The Morgan fingerprint density at radius 2 is 1.46 bits per heavy atom. The number of carbonyl (C=O) groups excluding carboxylic acids is 2. The van der Waals surface area contributed by atoms with Crippen LogP contribution in [0.15, 0.2) is 65.8 Å². The zero-order valence-corrected chi connectivity index (χ0v) is 13.8. The van der Waals surface area contributed by atoms with Crippen LogP contribution < -0.4 is 0 Å². The minimum atomic E-state index is -0.470. The maximum Gasteiger partial charge on any atom is 0.365 e. The summed E-state index contributed by atoms with van der Waals surface area (Å²) in [5.74, 6) is -0.353. The second-order valence-corrected chi connectivity index (χ2v) is 5.40. The van der Waals surface area contributed by atoms with Crippen LogP contribution in [0.25, 0.3) is 0 Å². The first-order chi connectivity index (χ1) is 11.7. The highest BCUT2D eigenvalue weighted by Crippen LogP contribution is 2.09. The molecule has 0 aliphatic carbocycles. The number of benzene rings is 2. The zero-order chi connectivity index (χ0) is 17.2. The molecule has 0 saturated heterocycles. The van der Waals surface area contributed by atoms with Crippen molar-refractivity contribution < 1.29 is 14.4 Å². The highest BCUT2D eigenvalue weighted by molar-refractivity contribution is 5.96. The van der Waals surface area contributed by atoms with Crippen LogP contribution in [0.3, 0.4) is 0 Å². The molecule has 0 spiro atoms. The van der Waals surface area contributed by atoms with Gasteiger partial charge < -0.3 is 4.84 Å². The van der Waals surface area contributed by atoms with Crippen LogP contribution in [0, 0.1) is 0 Å². The minimum absolute atomic E-state index is 0.118. The molecular formula is C20H21NO3. The third kappa shape index (κ3) is 5.47. The molecule has 0 radical (unpaired) electrons. The molecule has 0 atom stereocenters. The van der Waals surface area contributed by atoms with Crippen LogP contribution in [-0.2, 0) is 4.84 Å². The van der Waals surface area contributed by atoms with Crippen LogP contribution >= 0.6 is 0 Å². The molecule has 124 valence electrons. The van der Waals surface area contributed by atoms with Gasteiger partial charge >= 0.3 is 5.97 Å². The van der Waals surface area contributed by atoms with Gasteiger partial charge in [0.25, 0.3) is 0 Å². The van der Waals surface area contributed by atoms with E-state index in [1.807, 2.05) is 43.3 Å². The first-order valence-electron chi connectivity index (χ1n) is 8.11. The molecule has 24 heavy (non-hydrogen) atoms. The topological polar surface area (TPSA) is 55.7 Å². The summed E-state index contributed by atoms with van der Waals surface area (Å²) in [5, 5.41) is 3.94. The number of nitrogens with zero attached hydrogens (tertiary/aromatic N) is 1. The van der Waals surface area contributed by atoms with Gasteiger partial charge in [0.05, 0.1) is 11.3 Å². The monoisotopic (exact) mass is 323 g/mol. The Kier molecular flexibility index (Phi) is 6.90. The summed E-state index contributed by atoms with van der Waals surface area (Å²) < 4.78 is 0. The van der Waals surface area contributed by atoms with Gasteiger partial charge in [-0.3, -0.25) is 4.79 Å². The quantitative estimate of drug-likeness (QED) is 0.307. The van der Waals surface area contributed by atoms with E-state index in [-0.39, 0.29) is 5.78 Å². The van der Waals surface area contributed by atoms with Crippen LogP contribution in [0.2, 0.25) is 0 Å². The van der Waals surface area contributed by atoms with Gasteiger partial charge in [-0.1, -0.05) is 60.6 Å². The van der Waals surface area contributed by atoms with Crippen molar-refractivity contribution in [1.82, 2.24) is 0 Å². The second kappa shape index (κ2) is 9.40. The molecule has 0 aliphatic rings. The maximum absolute atomic E-state index is 12.0. The Balaban J connectivity index is 1.81. The van der Waals surface area contributed by atoms with Crippen molar-refractivity contribution in [1.29, 1.82) is 0 Å². The SMILES string of the molecule is CCC(CCCC(=O)c1ccccc1)=NOC(=O)c1ccccc1. The van der Waals surface area contributed by atoms with Crippen LogP contribution in [0.5, 0.6) is 0 Å². The lowest BCUT2D eigenvalue weighted by atomic mass is 10.0. The largest absolute Gasteiger partial charge is 0.365 e. The van der Waals surface area contributed by atoms with Crippen LogP contribution in [0.4, 0.5) is 0 Å². The summed E-state index contributed by atoms with van der Waals surface area (Å²) in [5.41, 5.74) is 1.97. The third-order valence-corrected chi connectivity index (χ3v) is 3.64. The summed E-state index contributed by atoms with van der Waals surface area (Å²) in [6.07, 6.45) is 2.46. The molecule has 0 N–H and O–H groups in total. The molecule has 0 fully saturated rings. The number of Topliss-reactive ketones (excluding diaryl/α,β-unsaturated/α-hetero) is 1. The molecule has 0 heterocycles. The number of ketones is 1. The normalized spacial score (nSPS) is 11.1. The molecule has 0 aromatic heterocycles. The molecule has 2 aromatic carbocycles. The van der Waals surface area contributed by atoms with Gasteiger partial charge in [-0.25, -0.2) is 4.79 Å². The minimum Gasteiger partial charge on any atom is -0.313 e. The predicted octanol–water partition coefficient (Wildman–Crippen LogP) is 4.66. The van der Waals surface area contributed by atoms with Crippen molar-refractivity contribution in [3.8, 4) is 0 Å². The Morgan fingerprint density at radius 3 is 2.04 bits per heavy atom. The smallest absolute Gasteiger partial charge is 0.313 e. The standard InChI is InChI=1S/C20H21NO3/c1-2-18(21-24-20(23)17-12-7-4-8-13-17)14-9-15-19(22)16-10-5-3-6-11-16/h3-8,10-13H,2,9,14-15H2,1H3. The van der Waals surface area contributed by atoms with E-state index in [1.165, 1.54) is 0 Å². The van der Waals surface area contributed by atoms with Crippen molar-refractivity contribution in [2.24, 2.45) is 5.16 Å². The maximum atomic E-state index is 12.0. The Labute approximate surface area is 142 Å². The zero-order valence-electron chi connectivity index (χ0n) is 13.8. The lowest BCUT2D eigenvalue weighted by Gasteiger charge is -2.04. The van der Waals surface area contributed by atoms with Crippen LogP contribution in [0.1, 0.15) is 53.3 Å². The fourth-order valence-corrected chi connectivity index (χ4v) is 2.24. The Morgan fingerprint density at radius 1 is 0.875 bits per heavy atom. The summed E-state index contributed by atoms with van der Waals surface area (Å²) >= 11 is 0. The van der Waals surface area contributed by atoms with Gasteiger partial charge in [0.15, 0.2) is 5.78 Å². The first kappa shape index (κ1) is 17.6. The molecular weight excluding hydrogens is 302 g/mol. The van der Waals surface area contributed by atoms with Crippen molar-refractivity contribution >= 4 is 17.5 Å². The number of carbonyl (C=O) groups is 2. The molecule has 0 aliphatic heterocycles. The molecule has 2 aromatic rings. The van der Waals surface area contributed by atoms with E-state index in [9.17, 15) is 9.59 Å².